The molecule has 0 N–H and O–H groups in total. The molecule has 1 saturated carbocycles. The summed E-state index contributed by atoms with van der Waals surface area (Å²) in [6.07, 6.45) is 6.33. The molecule has 0 spiro atoms. The van der Waals surface area contributed by atoms with Crippen molar-refractivity contribution >= 4 is 7.85 Å². The Labute approximate surface area is 94.7 Å². The number of ether oxygens (including phenoxy) is 1. The van der Waals surface area contributed by atoms with Gasteiger partial charge in [0.1, 0.15) is 6.10 Å². The van der Waals surface area contributed by atoms with E-state index in [0.29, 0.717) is 12.0 Å². The molecule has 2 heteroatoms. The minimum absolute atomic E-state index is 0.0335. The third-order valence-corrected chi connectivity index (χ3v) is 4.07. The SMILES string of the molecule is [B]C1(C)CCCCC2C(C)=C(C)OC2C1. The van der Waals surface area contributed by atoms with Crippen LogP contribution in [0.25, 0.3) is 0 Å². The monoisotopic (exact) mass is 204 g/mol. The van der Waals surface area contributed by atoms with E-state index >= 15 is 0 Å². The zero-order valence-corrected chi connectivity index (χ0v) is 10.2. The summed E-state index contributed by atoms with van der Waals surface area (Å²) >= 11 is 0. The second-order valence-electron chi connectivity index (χ2n) is 5.61. The summed E-state index contributed by atoms with van der Waals surface area (Å²) in [6, 6.07) is 0. The minimum atomic E-state index is -0.0335. The molecule has 15 heavy (non-hydrogen) atoms. The quantitative estimate of drug-likeness (QED) is 0.547. The maximum atomic E-state index is 6.30. The normalized spacial score (nSPS) is 41.8. The van der Waals surface area contributed by atoms with E-state index in [-0.39, 0.29) is 5.31 Å². The van der Waals surface area contributed by atoms with Gasteiger partial charge in [0.25, 0.3) is 0 Å². The third kappa shape index (κ3) is 2.24. The minimum Gasteiger partial charge on any atom is -0.495 e. The average molecular weight is 204 g/mol. The zero-order chi connectivity index (χ0) is 11.1. The van der Waals surface area contributed by atoms with Crippen LogP contribution in [0.5, 0.6) is 0 Å². The van der Waals surface area contributed by atoms with Crippen molar-refractivity contribution in [3.8, 4) is 0 Å². The van der Waals surface area contributed by atoms with Crippen molar-refractivity contribution in [3.63, 3.8) is 0 Å². The van der Waals surface area contributed by atoms with E-state index in [1.54, 1.807) is 0 Å². The van der Waals surface area contributed by atoms with Crippen molar-refractivity contribution in [1.29, 1.82) is 0 Å². The topological polar surface area (TPSA) is 9.23 Å². The molecule has 0 amide bonds. The molecule has 1 heterocycles. The first kappa shape index (κ1) is 11.1. The molecule has 2 aliphatic rings. The van der Waals surface area contributed by atoms with Gasteiger partial charge in [-0.1, -0.05) is 31.5 Å². The lowest BCUT2D eigenvalue weighted by molar-refractivity contribution is 0.0824. The highest BCUT2D eigenvalue weighted by Gasteiger charge is 2.37. The molecule has 3 unspecified atom stereocenters. The van der Waals surface area contributed by atoms with Crippen molar-refractivity contribution in [1.82, 2.24) is 0 Å². The lowest BCUT2D eigenvalue weighted by atomic mass is 9.61. The third-order valence-electron chi connectivity index (χ3n) is 4.07. The van der Waals surface area contributed by atoms with Crippen molar-refractivity contribution in [2.75, 3.05) is 0 Å². The number of fused-ring (bicyclic) bond motifs is 1. The first-order valence-electron chi connectivity index (χ1n) is 6.12. The number of rotatable bonds is 0. The maximum Gasteiger partial charge on any atom is 0.105 e. The van der Waals surface area contributed by atoms with Crippen LogP contribution < -0.4 is 0 Å². The maximum absolute atomic E-state index is 6.30. The van der Waals surface area contributed by atoms with Gasteiger partial charge in [-0.2, -0.15) is 0 Å². The predicted octanol–water partition coefficient (Wildman–Crippen LogP) is 3.61. The fourth-order valence-electron chi connectivity index (χ4n) is 2.98. The van der Waals surface area contributed by atoms with Crippen LogP contribution in [0.1, 0.15) is 52.9 Å². The largest absolute Gasteiger partial charge is 0.495 e. The first-order chi connectivity index (χ1) is 6.99. The van der Waals surface area contributed by atoms with Gasteiger partial charge in [0.05, 0.1) is 13.6 Å². The second-order valence-corrected chi connectivity index (χ2v) is 5.61. The molecule has 0 aromatic heterocycles. The molecular weight excluding hydrogens is 183 g/mol. The Morgan fingerprint density at radius 2 is 2.07 bits per heavy atom. The molecule has 2 rings (SSSR count). The van der Waals surface area contributed by atoms with Crippen LogP contribution in [0.2, 0.25) is 5.31 Å². The van der Waals surface area contributed by atoms with Crippen molar-refractivity contribution < 1.29 is 4.74 Å². The average Bonchev–Trinajstić information content (AvgIpc) is 2.35. The highest BCUT2D eigenvalue weighted by atomic mass is 16.5. The molecule has 0 bridgehead atoms. The molecule has 0 aromatic carbocycles. The lowest BCUT2D eigenvalue weighted by Gasteiger charge is -2.34. The van der Waals surface area contributed by atoms with Crippen LogP contribution in [-0.2, 0) is 4.74 Å². The summed E-state index contributed by atoms with van der Waals surface area (Å²) in [6.45, 7) is 6.48. The number of hydrogen-bond donors (Lipinski definition) is 0. The Hall–Kier alpha value is -0.395. The van der Waals surface area contributed by atoms with Crippen LogP contribution in [0.3, 0.4) is 0 Å². The molecule has 2 radical (unpaired) electrons. The molecule has 0 saturated heterocycles. The summed E-state index contributed by atoms with van der Waals surface area (Å²) in [5, 5.41) is -0.0335. The van der Waals surface area contributed by atoms with Gasteiger partial charge < -0.3 is 4.74 Å². The fraction of sp³-hybridized carbons (Fsp3) is 0.846. The molecule has 1 nitrogen and oxygen atoms in total. The molecule has 1 fully saturated rings. The fourth-order valence-corrected chi connectivity index (χ4v) is 2.98. The van der Waals surface area contributed by atoms with Gasteiger partial charge in [-0.25, -0.2) is 0 Å². The van der Waals surface area contributed by atoms with Crippen LogP contribution in [0.15, 0.2) is 11.3 Å². The Kier molecular flexibility index (Phi) is 2.87. The van der Waals surface area contributed by atoms with E-state index in [4.69, 9.17) is 12.6 Å². The Balaban J connectivity index is 2.14. The Bertz CT molecular complexity index is 280. The predicted molar refractivity (Wildman–Crippen MR) is 63.9 cm³/mol. The van der Waals surface area contributed by atoms with E-state index in [1.165, 1.54) is 24.8 Å². The molecule has 1 aliphatic heterocycles. The van der Waals surface area contributed by atoms with Gasteiger partial charge >= 0.3 is 0 Å². The van der Waals surface area contributed by atoms with E-state index < -0.39 is 0 Å². The van der Waals surface area contributed by atoms with Gasteiger partial charge in [0.15, 0.2) is 0 Å². The van der Waals surface area contributed by atoms with Crippen molar-refractivity contribution in [2.24, 2.45) is 5.92 Å². The van der Waals surface area contributed by atoms with Crippen LogP contribution in [0, 0.1) is 5.92 Å². The molecular formula is C13H21BO. The zero-order valence-electron chi connectivity index (χ0n) is 10.2. The van der Waals surface area contributed by atoms with Gasteiger partial charge in [0.2, 0.25) is 0 Å². The molecule has 1 aliphatic carbocycles. The summed E-state index contributed by atoms with van der Waals surface area (Å²) in [4.78, 5) is 0. The van der Waals surface area contributed by atoms with E-state index in [9.17, 15) is 0 Å². The van der Waals surface area contributed by atoms with E-state index in [0.717, 1.165) is 18.6 Å². The highest BCUT2D eigenvalue weighted by Crippen LogP contribution is 2.45. The second kappa shape index (κ2) is 3.88. The van der Waals surface area contributed by atoms with Crippen LogP contribution >= 0.6 is 0 Å². The summed E-state index contributed by atoms with van der Waals surface area (Å²) in [5.74, 6) is 1.77. The standard InChI is InChI=1S/C13H21BO/c1-9-10(2)15-12-8-13(3,14)7-5-4-6-11(9)12/h11-12H,4-8H2,1-3H3. The van der Waals surface area contributed by atoms with E-state index in [2.05, 4.69) is 20.8 Å². The number of hydrogen-bond acceptors (Lipinski definition) is 1. The first-order valence-corrected chi connectivity index (χ1v) is 6.12. The van der Waals surface area contributed by atoms with Crippen molar-refractivity contribution in [3.05, 3.63) is 11.3 Å². The molecule has 0 aromatic rings. The highest BCUT2D eigenvalue weighted by molar-refractivity contribution is 6.14. The van der Waals surface area contributed by atoms with Crippen LogP contribution in [0.4, 0.5) is 0 Å². The van der Waals surface area contributed by atoms with Crippen molar-refractivity contribution in [2.45, 2.75) is 64.3 Å². The molecule has 3 atom stereocenters. The van der Waals surface area contributed by atoms with Gasteiger partial charge in [-0.05, 0) is 32.3 Å². The Morgan fingerprint density at radius 1 is 1.33 bits per heavy atom. The smallest absolute Gasteiger partial charge is 0.105 e. The summed E-state index contributed by atoms with van der Waals surface area (Å²) < 4.78 is 5.95. The molecule has 82 valence electrons. The van der Waals surface area contributed by atoms with Gasteiger partial charge in [-0.15, -0.1) is 0 Å². The number of allylic oxidation sites excluding steroid dienone is 1. The van der Waals surface area contributed by atoms with Gasteiger partial charge in [-0.3, -0.25) is 0 Å². The van der Waals surface area contributed by atoms with Crippen LogP contribution in [-0.4, -0.2) is 14.0 Å². The lowest BCUT2D eigenvalue weighted by Crippen LogP contribution is -2.26. The Morgan fingerprint density at radius 3 is 2.80 bits per heavy atom. The summed E-state index contributed by atoms with van der Waals surface area (Å²) in [5.41, 5.74) is 1.46. The van der Waals surface area contributed by atoms with E-state index in [1.807, 2.05) is 0 Å². The van der Waals surface area contributed by atoms with Gasteiger partial charge in [0, 0.05) is 5.92 Å². The summed E-state index contributed by atoms with van der Waals surface area (Å²) in [7, 11) is 6.30.